The fourth-order valence-electron chi connectivity index (χ4n) is 2.46. The zero-order valence-corrected chi connectivity index (χ0v) is 16.8. The number of carbonyl (C=O) groups is 1. The zero-order chi connectivity index (χ0) is 19.1. The van der Waals surface area contributed by atoms with Crippen LogP contribution in [0.5, 0.6) is 0 Å². The Hall–Kier alpha value is -2.31. The van der Waals surface area contributed by atoms with E-state index in [2.05, 4.69) is 28.9 Å². The largest absolute Gasteiger partial charge is 0.301 e. The highest BCUT2D eigenvalue weighted by molar-refractivity contribution is 7.99. The molecule has 0 bridgehead atoms. The van der Waals surface area contributed by atoms with Gasteiger partial charge in [-0.2, -0.15) is 0 Å². The van der Waals surface area contributed by atoms with Gasteiger partial charge in [0.2, 0.25) is 0 Å². The fourth-order valence-corrected chi connectivity index (χ4v) is 4.18. The van der Waals surface area contributed by atoms with Gasteiger partial charge in [0, 0.05) is 17.0 Å². The van der Waals surface area contributed by atoms with Crippen molar-refractivity contribution in [3.63, 3.8) is 0 Å². The molecule has 3 aromatic rings. The minimum absolute atomic E-state index is 0.0911. The third kappa shape index (κ3) is 5.34. The molecule has 1 aromatic heterocycles. The predicted octanol–water partition coefficient (Wildman–Crippen LogP) is 5.04. The van der Waals surface area contributed by atoms with Gasteiger partial charge in [0.05, 0.1) is 11.5 Å². The molecule has 0 saturated heterocycles. The van der Waals surface area contributed by atoms with E-state index in [1.807, 2.05) is 60.0 Å². The molecule has 0 unspecified atom stereocenters. The quantitative estimate of drug-likeness (QED) is 0.289. The van der Waals surface area contributed by atoms with Crippen molar-refractivity contribution < 1.29 is 4.79 Å². The topological polar surface area (TPSA) is 47.8 Å². The van der Waals surface area contributed by atoms with Crippen LogP contribution in [0.4, 0.5) is 0 Å². The summed E-state index contributed by atoms with van der Waals surface area (Å²) in [6, 6.07) is 17.9. The molecule has 3 rings (SSSR count). The summed E-state index contributed by atoms with van der Waals surface area (Å²) < 4.78 is 2.02. The van der Waals surface area contributed by atoms with Crippen molar-refractivity contribution >= 4 is 29.3 Å². The van der Waals surface area contributed by atoms with Gasteiger partial charge in [-0.15, -0.1) is 28.5 Å². The van der Waals surface area contributed by atoms with E-state index in [0.29, 0.717) is 12.3 Å². The number of allylic oxidation sites excluding steroid dienone is 1. The van der Waals surface area contributed by atoms with Crippen molar-refractivity contribution in [3.05, 3.63) is 84.2 Å². The number of hydrogen-bond donors (Lipinski definition) is 0. The van der Waals surface area contributed by atoms with E-state index in [1.54, 1.807) is 11.8 Å². The van der Waals surface area contributed by atoms with Crippen molar-refractivity contribution in [3.8, 4) is 0 Å². The Balaban J connectivity index is 1.66. The van der Waals surface area contributed by atoms with Crippen LogP contribution in [0.2, 0.25) is 0 Å². The summed E-state index contributed by atoms with van der Waals surface area (Å²) in [5.74, 6) is 2.03. The number of thioether (sulfide) groups is 2. The molecule has 0 fully saturated rings. The highest BCUT2D eigenvalue weighted by Gasteiger charge is 2.14. The first-order chi connectivity index (χ1) is 13.2. The van der Waals surface area contributed by atoms with Crippen LogP contribution in [-0.2, 0) is 12.3 Å². The standard InChI is InChI=1S/C21H21N3OS2/c1-3-13-24-20(15-26-18-7-5-4-6-8-18)22-23-21(24)27-14-19(25)17-11-9-16(2)10-12-17/h3-12H,1,13-15H2,2H3. The third-order valence-corrected chi connectivity index (χ3v) is 5.90. The Morgan fingerprint density at radius 3 is 2.52 bits per heavy atom. The Kier molecular flexibility index (Phi) is 6.90. The van der Waals surface area contributed by atoms with Crippen molar-refractivity contribution in [2.45, 2.75) is 29.3 Å². The molecule has 0 aliphatic rings. The molecule has 0 aliphatic heterocycles. The lowest BCUT2D eigenvalue weighted by Crippen LogP contribution is -2.06. The van der Waals surface area contributed by atoms with Crippen molar-refractivity contribution in [2.75, 3.05) is 5.75 Å². The summed E-state index contributed by atoms with van der Waals surface area (Å²) in [5, 5.41) is 9.36. The van der Waals surface area contributed by atoms with Gasteiger partial charge in [-0.05, 0) is 19.1 Å². The Labute approximate surface area is 168 Å². The number of ketones is 1. The zero-order valence-electron chi connectivity index (χ0n) is 15.2. The van der Waals surface area contributed by atoms with Crippen LogP contribution < -0.4 is 0 Å². The summed E-state index contributed by atoms with van der Waals surface area (Å²) in [6.07, 6.45) is 1.83. The molecule has 0 N–H and O–H groups in total. The summed E-state index contributed by atoms with van der Waals surface area (Å²) in [6.45, 7) is 6.46. The first-order valence-corrected chi connectivity index (χ1v) is 10.6. The van der Waals surface area contributed by atoms with E-state index >= 15 is 0 Å². The molecule has 4 nitrogen and oxygen atoms in total. The minimum atomic E-state index is 0.0911. The minimum Gasteiger partial charge on any atom is -0.301 e. The average molecular weight is 396 g/mol. The van der Waals surface area contributed by atoms with E-state index in [4.69, 9.17) is 0 Å². The first kappa shape index (κ1) is 19.5. The van der Waals surface area contributed by atoms with Gasteiger partial charge < -0.3 is 4.57 Å². The molecule has 1 heterocycles. The second kappa shape index (κ2) is 9.58. The third-order valence-electron chi connectivity index (χ3n) is 3.92. The average Bonchev–Trinajstić information content (AvgIpc) is 3.08. The Morgan fingerprint density at radius 2 is 1.81 bits per heavy atom. The normalized spacial score (nSPS) is 10.7. The van der Waals surface area contributed by atoms with Gasteiger partial charge in [0.25, 0.3) is 0 Å². The van der Waals surface area contributed by atoms with E-state index in [9.17, 15) is 4.79 Å². The maximum absolute atomic E-state index is 12.4. The molecule has 27 heavy (non-hydrogen) atoms. The smallest absolute Gasteiger partial charge is 0.191 e. The lowest BCUT2D eigenvalue weighted by atomic mass is 10.1. The first-order valence-electron chi connectivity index (χ1n) is 8.61. The molecule has 0 saturated carbocycles. The highest BCUT2D eigenvalue weighted by Crippen LogP contribution is 2.25. The van der Waals surface area contributed by atoms with E-state index in [-0.39, 0.29) is 5.78 Å². The maximum Gasteiger partial charge on any atom is 0.191 e. The number of benzene rings is 2. The number of hydrogen-bond acceptors (Lipinski definition) is 5. The monoisotopic (exact) mass is 395 g/mol. The summed E-state index contributed by atoms with van der Waals surface area (Å²) in [4.78, 5) is 13.6. The number of rotatable bonds is 9. The van der Waals surface area contributed by atoms with Gasteiger partial charge in [-0.3, -0.25) is 4.79 Å². The van der Waals surface area contributed by atoms with Crippen molar-refractivity contribution in [1.82, 2.24) is 14.8 Å². The van der Waals surface area contributed by atoms with E-state index < -0.39 is 0 Å². The second-order valence-corrected chi connectivity index (χ2v) is 7.97. The Bertz CT molecular complexity index is 905. The van der Waals surface area contributed by atoms with Crippen LogP contribution in [0.3, 0.4) is 0 Å². The van der Waals surface area contributed by atoms with Gasteiger partial charge in [0.15, 0.2) is 10.9 Å². The SMILES string of the molecule is C=CCn1c(CSc2ccccc2)nnc1SCC(=O)c1ccc(C)cc1. The molecule has 0 radical (unpaired) electrons. The number of carbonyl (C=O) groups excluding carboxylic acids is 1. The molecule has 138 valence electrons. The van der Waals surface area contributed by atoms with Crippen LogP contribution in [0.15, 0.2) is 77.3 Å². The van der Waals surface area contributed by atoms with Crippen LogP contribution in [-0.4, -0.2) is 26.3 Å². The molecular formula is C21H21N3OS2. The molecule has 0 spiro atoms. The highest BCUT2D eigenvalue weighted by atomic mass is 32.2. The molecule has 0 atom stereocenters. The molecular weight excluding hydrogens is 374 g/mol. The summed E-state index contributed by atoms with van der Waals surface area (Å²) in [7, 11) is 0. The molecule has 2 aromatic carbocycles. The van der Waals surface area contributed by atoms with E-state index in [0.717, 1.165) is 27.9 Å². The van der Waals surface area contributed by atoms with Gasteiger partial charge in [-0.25, -0.2) is 0 Å². The molecule has 0 aliphatic carbocycles. The lowest BCUT2D eigenvalue weighted by molar-refractivity contribution is 0.102. The van der Waals surface area contributed by atoms with Gasteiger partial charge in [0.1, 0.15) is 5.82 Å². The van der Waals surface area contributed by atoms with Gasteiger partial charge in [-0.1, -0.05) is 65.9 Å². The van der Waals surface area contributed by atoms with Crippen molar-refractivity contribution in [2.24, 2.45) is 0 Å². The fraction of sp³-hybridized carbons (Fsp3) is 0.190. The number of nitrogens with zero attached hydrogens (tertiary/aromatic N) is 3. The summed E-state index contributed by atoms with van der Waals surface area (Å²) >= 11 is 3.14. The molecule has 0 amide bonds. The van der Waals surface area contributed by atoms with Gasteiger partial charge >= 0.3 is 0 Å². The van der Waals surface area contributed by atoms with Crippen LogP contribution in [0.25, 0.3) is 0 Å². The molecule has 6 heteroatoms. The van der Waals surface area contributed by atoms with Crippen LogP contribution >= 0.6 is 23.5 Å². The number of aromatic nitrogens is 3. The Morgan fingerprint density at radius 1 is 1.07 bits per heavy atom. The lowest BCUT2D eigenvalue weighted by Gasteiger charge is -2.07. The van der Waals surface area contributed by atoms with Crippen molar-refractivity contribution in [1.29, 1.82) is 0 Å². The predicted molar refractivity (Wildman–Crippen MR) is 112 cm³/mol. The number of Topliss-reactive ketones (excluding diaryl/α,β-unsaturated/α-hetero) is 1. The van der Waals surface area contributed by atoms with Crippen LogP contribution in [0.1, 0.15) is 21.7 Å². The van der Waals surface area contributed by atoms with E-state index in [1.165, 1.54) is 16.7 Å². The summed E-state index contributed by atoms with van der Waals surface area (Å²) in [5.41, 5.74) is 1.87. The second-order valence-electron chi connectivity index (χ2n) is 5.98. The number of aryl methyl sites for hydroxylation is 1. The maximum atomic E-state index is 12.4. The van der Waals surface area contributed by atoms with Crippen LogP contribution in [0, 0.1) is 6.92 Å².